The van der Waals surface area contributed by atoms with Crippen LogP contribution in [0, 0.1) is 0 Å². The van der Waals surface area contributed by atoms with E-state index in [1.54, 1.807) is 76.2 Å². The fourth-order valence-electron chi connectivity index (χ4n) is 7.26. The maximum absolute atomic E-state index is 11.3. The lowest BCUT2D eigenvalue weighted by atomic mass is 10.2. The van der Waals surface area contributed by atoms with Crippen molar-refractivity contribution in [3.05, 3.63) is 24.3 Å². The van der Waals surface area contributed by atoms with Gasteiger partial charge in [-0.2, -0.15) is 4.90 Å². The van der Waals surface area contributed by atoms with Gasteiger partial charge < -0.3 is 142 Å². The highest BCUT2D eigenvalue weighted by atomic mass is 16.6. The van der Waals surface area contributed by atoms with Crippen LogP contribution in [0.2, 0.25) is 0 Å². The molecule has 0 aromatic heterocycles. The van der Waals surface area contributed by atoms with Crippen molar-refractivity contribution in [3.63, 3.8) is 0 Å². The lowest BCUT2D eigenvalue weighted by molar-refractivity contribution is -0.156. The third-order valence-corrected chi connectivity index (χ3v) is 14.0. The molecule has 0 fully saturated rings. The van der Waals surface area contributed by atoms with Crippen molar-refractivity contribution in [2.45, 2.75) is 159 Å². The van der Waals surface area contributed by atoms with Crippen LogP contribution < -0.4 is 27.8 Å². The Bertz CT molecular complexity index is 2720. The summed E-state index contributed by atoms with van der Waals surface area (Å²) in [4.78, 5) is 143. The molecule has 0 saturated carbocycles. The number of carboxylic acid groups (broad SMARTS) is 2. The van der Waals surface area contributed by atoms with Gasteiger partial charge in [-0.05, 0) is 111 Å². The van der Waals surface area contributed by atoms with Gasteiger partial charge in [0.1, 0.15) is 29.5 Å². The number of aliphatic carboxylic acids is 2. The smallest absolute Gasteiger partial charge is 0.423 e. The van der Waals surface area contributed by atoms with Gasteiger partial charge in [-0.15, -0.1) is 0 Å². The number of hydrogen-bond donors (Lipinski definition) is 7. The standard InChI is InChI=1S/C15H29NO6.C14H27NO7.C14H21NO6.C11H23NO5.C10H21NO4.C9H19NO5.C6H5NO4/c1-12(17)13(2)21-11-10-20-9-8-19-7-6-16-14(18)22-15(3,4)5;1-11(12(16)17)21-10-9-20-8-7-19-6-5-15-13(18)22-14(2,3)4;1-11(16)12(2)21-10-9-20-8-7-19-6-5-15-13(17)3-4-14(15)18;1-3-16-11(13)10(2)17-9-8-15-7-6-14-5-4-12;1-9(12)10(2)15-8-7-14-6-5-13-4-3-11;1-8(9(11)12)15-7-6-14-5-4-13-3-2-10;1-11-6(10)7-4(8)2-3-5(7)9/h13H,6-11H2,1-5H3,(H,16,18);11H,5-10H2,1-4H3,(H,15,18)(H,16,17);3-4,12H,5-10H2,1-2H3;10H,3-9,12H2,1-2H3;10H,3-8,11H2,1-2H3;8H,2-7,10H2,1H3,(H,11,12);2-3H,1H3/t13-;11-;12-;2*10-;8-;/m000000./s1. The molecule has 7 amide bonds. The fraction of sp³-hybridized carbons (Fsp3) is 0.785. The fourth-order valence-corrected chi connectivity index (χ4v) is 7.26. The van der Waals surface area contributed by atoms with Crippen LogP contribution in [-0.2, 0) is 152 Å². The number of methoxy groups -OCH3 is 1. The number of alkyl carbamates (subject to hydrolysis) is 2. The second-order valence-corrected chi connectivity index (χ2v) is 26.9. The molecule has 0 spiro atoms. The van der Waals surface area contributed by atoms with E-state index in [4.69, 9.17) is 127 Å². The van der Waals surface area contributed by atoms with Crippen LogP contribution in [0.5, 0.6) is 0 Å². The van der Waals surface area contributed by atoms with Crippen molar-refractivity contribution in [2.75, 3.05) is 251 Å². The summed E-state index contributed by atoms with van der Waals surface area (Å²) in [6.07, 6.45) is -0.687. The molecule has 0 aromatic rings. The lowest BCUT2D eigenvalue weighted by Gasteiger charge is -2.19. The summed E-state index contributed by atoms with van der Waals surface area (Å²) in [5, 5.41) is 22.2. The number of carbonyl (C=O) groups excluding carboxylic acids is 11. The Hall–Kier alpha value is -7.65. The first-order valence-corrected chi connectivity index (χ1v) is 40.2. The molecule has 44 heteroatoms. The van der Waals surface area contributed by atoms with Crippen molar-refractivity contribution < 1.29 is 177 Å². The molecular formula is C79H145N7O37. The Morgan fingerprint density at radius 1 is 0.358 bits per heavy atom. The van der Waals surface area contributed by atoms with Crippen molar-refractivity contribution in [3.8, 4) is 0 Å². The van der Waals surface area contributed by atoms with Crippen LogP contribution in [0.25, 0.3) is 0 Å². The normalized spacial score (nSPS) is 13.5. The number of nitrogens with one attached hydrogen (secondary N) is 2. The number of amides is 7. The molecular weight excluding hydrogens is 1640 g/mol. The van der Waals surface area contributed by atoms with Gasteiger partial charge in [0.05, 0.1) is 218 Å². The molecule has 2 aliphatic rings. The van der Waals surface area contributed by atoms with E-state index in [0.29, 0.717) is 223 Å². The third-order valence-electron chi connectivity index (χ3n) is 14.0. The number of carbonyl (C=O) groups is 13. The van der Waals surface area contributed by atoms with Gasteiger partial charge in [0.2, 0.25) is 0 Å². The highest BCUT2D eigenvalue weighted by molar-refractivity contribution is 6.21. The summed E-state index contributed by atoms with van der Waals surface area (Å²) in [5.41, 5.74) is 14.7. The van der Waals surface area contributed by atoms with Crippen LogP contribution in [0.1, 0.15) is 111 Å². The number of carboxylic acids is 2. The van der Waals surface area contributed by atoms with Gasteiger partial charge in [0, 0.05) is 57.0 Å². The average molecular weight is 1790 g/mol. The first-order chi connectivity index (χ1) is 58.2. The molecule has 0 bridgehead atoms. The van der Waals surface area contributed by atoms with E-state index < -0.39 is 83.8 Å². The SMILES string of the molecule is CC(=O)[C@H](C)OCCOCCOCCN.CC(=O)[C@H](C)OCCOCCOCCN1C(=O)C=CC1=O.CC(=O)[C@H](C)OCCOCCOCCNC(=O)OC(C)(C)C.CCOC(=O)[C@H](C)OCCOCCOCCN.COC(=O)N1C(=O)C=CC1=O.C[C@H](OCCOCCOCCN)C(=O)O.C[C@H](OCCOCCOCCNC(=O)OC(C)(C)C)C(=O)O. The average Bonchev–Trinajstić information content (AvgIpc) is 1.73. The molecule has 0 radical (unpaired) electrons. The summed E-state index contributed by atoms with van der Waals surface area (Å²) in [6, 6.07) is 0. The first-order valence-electron chi connectivity index (χ1n) is 40.2. The second kappa shape index (κ2) is 83.9. The number of rotatable bonds is 64. The zero-order valence-corrected chi connectivity index (χ0v) is 75.2. The van der Waals surface area contributed by atoms with Crippen LogP contribution in [-0.4, -0.2) is 396 Å². The zero-order chi connectivity index (χ0) is 94.1. The number of nitrogens with two attached hydrogens (primary N) is 3. The zero-order valence-electron chi connectivity index (χ0n) is 75.2. The molecule has 44 nitrogen and oxygen atoms in total. The summed E-state index contributed by atoms with van der Waals surface area (Å²) in [7, 11) is 1.10. The van der Waals surface area contributed by atoms with Gasteiger partial charge in [-0.3, -0.25) is 38.5 Å². The van der Waals surface area contributed by atoms with E-state index in [-0.39, 0.29) is 67.6 Å². The minimum absolute atomic E-state index is 0.000760. The van der Waals surface area contributed by atoms with Gasteiger partial charge in [0.25, 0.3) is 23.6 Å². The van der Waals surface area contributed by atoms with Gasteiger partial charge in [-0.25, -0.2) is 28.8 Å². The minimum Gasteiger partial charge on any atom is -0.479 e. The number of ketones is 3. The van der Waals surface area contributed by atoms with Crippen LogP contribution in [0.15, 0.2) is 24.3 Å². The van der Waals surface area contributed by atoms with E-state index in [1.165, 1.54) is 46.8 Å². The first kappa shape index (κ1) is 124. The van der Waals surface area contributed by atoms with Gasteiger partial charge in [-0.1, -0.05) is 0 Å². The molecule has 0 aromatic carbocycles. The summed E-state index contributed by atoms with van der Waals surface area (Å²) in [5.74, 6) is -4.25. The van der Waals surface area contributed by atoms with Crippen molar-refractivity contribution in [1.29, 1.82) is 0 Å². The molecule has 6 atom stereocenters. The Labute approximate surface area is 723 Å². The molecule has 123 heavy (non-hydrogen) atoms. The monoisotopic (exact) mass is 1780 g/mol. The third kappa shape index (κ3) is 86.3. The maximum atomic E-state index is 11.3. The molecule has 0 saturated heterocycles. The van der Waals surface area contributed by atoms with Crippen molar-refractivity contribution in [1.82, 2.24) is 20.4 Å². The van der Waals surface area contributed by atoms with Crippen LogP contribution in [0.4, 0.5) is 14.4 Å². The largest absolute Gasteiger partial charge is 0.479 e. The van der Waals surface area contributed by atoms with Gasteiger partial charge in [0.15, 0.2) is 35.7 Å². The Morgan fingerprint density at radius 2 is 0.593 bits per heavy atom. The summed E-state index contributed by atoms with van der Waals surface area (Å²) >= 11 is 0. The second-order valence-electron chi connectivity index (χ2n) is 26.9. The minimum atomic E-state index is -0.999. The molecule has 2 rings (SSSR count). The highest BCUT2D eigenvalue weighted by Crippen LogP contribution is 2.09. The number of hydrogen-bond acceptors (Lipinski definition) is 38. The number of nitrogens with zero attached hydrogens (tertiary/aromatic N) is 2. The molecule has 718 valence electrons. The Balaban J connectivity index is -0.000000445. The predicted octanol–water partition coefficient (Wildman–Crippen LogP) is 1.58. The number of imide groups is 4. The van der Waals surface area contributed by atoms with E-state index in [0.717, 1.165) is 24.2 Å². The molecule has 2 heterocycles. The highest BCUT2D eigenvalue weighted by Gasteiger charge is 2.31. The number of Topliss-reactive ketones (excluding diaryl/α,β-unsaturated/α-hetero) is 3. The Morgan fingerprint density at radius 3 is 0.837 bits per heavy atom. The molecule has 0 unspecified atom stereocenters. The summed E-state index contributed by atoms with van der Waals surface area (Å²) in [6.45, 7) is 42.1. The van der Waals surface area contributed by atoms with E-state index in [1.807, 2.05) is 0 Å². The lowest BCUT2D eigenvalue weighted by Crippen LogP contribution is -2.35. The van der Waals surface area contributed by atoms with Crippen molar-refractivity contribution >= 4 is 77.2 Å². The quantitative estimate of drug-likeness (QED) is 0.0197. The number of esters is 1. The van der Waals surface area contributed by atoms with Crippen molar-refractivity contribution in [2.24, 2.45) is 17.2 Å². The molecule has 10 N–H and O–H groups in total. The van der Waals surface area contributed by atoms with Crippen LogP contribution >= 0.6 is 0 Å². The summed E-state index contributed by atoms with van der Waals surface area (Å²) < 4.78 is 112. The molecule has 2 aliphatic heterocycles. The van der Waals surface area contributed by atoms with Gasteiger partial charge >= 0.3 is 36.2 Å². The Kier molecular flexibility index (Phi) is 84.5. The van der Waals surface area contributed by atoms with E-state index in [2.05, 4.69) is 15.4 Å². The predicted molar refractivity (Wildman–Crippen MR) is 441 cm³/mol. The topological polar surface area (TPSA) is 574 Å². The molecule has 0 aliphatic carbocycles. The van der Waals surface area contributed by atoms with Crippen LogP contribution in [0.3, 0.4) is 0 Å². The van der Waals surface area contributed by atoms with E-state index in [9.17, 15) is 62.3 Å². The number of ether oxygens (including phenoxy) is 22. The maximum Gasteiger partial charge on any atom is 0.423 e. The van der Waals surface area contributed by atoms with E-state index >= 15 is 0 Å².